The first-order valence-corrected chi connectivity index (χ1v) is 11.7. The lowest BCUT2D eigenvalue weighted by atomic mass is 10.1. The number of carbonyl (C=O) groups is 1. The van der Waals surface area contributed by atoms with Gasteiger partial charge in [0.15, 0.2) is 5.82 Å². The Morgan fingerprint density at radius 2 is 2.09 bits per heavy atom. The van der Waals surface area contributed by atoms with Gasteiger partial charge in [-0.1, -0.05) is 6.07 Å². The van der Waals surface area contributed by atoms with Crippen LogP contribution in [0.3, 0.4) is 0 Å². The fourth-order valence-electron chi connectivity index (χ4n) is 4.29. The van der Waals surface area contributed by atoms with Gasteiger partial charge in [-0.05, 0) is 44.9 Å². The van der Waals surface area contributed by atoms with Gasteiger partial charge in [0.25, 0.3) is 5.91 Å². The molecule has 0 atom stereocenters. The molecule has 35 heavy (non-hydrogen) atoms. The molecule has 0 spiro atoms. The molecule has 1 aliphatic heterocycles. The monoisotopic (exact) mass is 473 g/mol. The fourth-order valence-corrected chi connectivity index (χ4v) is 4.29. The van der Waals surface area contributed by atoms with Crippen LogP contribution >= 0.6 is 0 Å². The van der Waals surface area contributed by atoms with Crippen molar-refractivity contribution in [2.45, 2.75) is 45.1 Å². The highest BCUT2D eigenvalue weighted by molar-refractivity contribution is 6.04. The summed E-state index contributed by atoms with van der Waals surface area (Å²) in [5.41, 5.74) is 2.11. The molecule has 0 bridgehead atoms. The van der Waals surface area contributed by atoms with Gasteiger partial charge in [-0.2, -0.15) is 0 Å². The molecule has 4 aromatic rings. The quantitative estimate of drug-likeness (QED) is 0.464. The van der Waals surface area contributed by atoms with Gasteiger partial charge in [0.2, 0.25) is 0 Å². The standard InChI is InChI=1S/C25H24FN7O2/c1-14(2)33-13-27-31-24(33)18-4-3-5-22(28-18)30-25(34)16-10-20-21(11-17(16)26)35-9-8-23-29-19(12-32(20)23)15-6-7-15/h3-5,10-15H,6-9H2,1-2H3,(H,28,30,34). The summed E-state index contributed by atoms with van der Waals surface area (Å²) < 4.78 is 24.6. The number of aromatic nitrogens is 6. The number of benzene rings is 1. The molecule has 1 saturated carbocycles. The Balaban J connectivity index is 1.32. The minimum atomic E-state index is -0.664. The van der Waals surface area contributed by atoms with Crippen molar-refractivity contribution in [1.29, 1.82) is 0 Å². The number of hydrogen-bond acceptors (Lipinski definition) is 6. The van der Waals surface area contributed by atoms with Crippen molar-refractivity contribution in [2.75, 3.05) is 11.9 Å². The molecule has 3 aromatic heterocycles. The molecule has 178 valence electrons. The lowest BCUT2D eigenvalue weighted by Crippen LogP contribution is -2.16. The van der Waals surface area contributed by atoms with E-state index in [2.05, 4.69) is 20.5 Å². The highest BCUT2D eigenvalue weighted by Gasteiger charge is 2.29. The Kier molecular flexibility index (Phi) is 5.09. The molecule has 10 heteroatoms. The summed E-state index contributed by atoms with van der Waals surface area (Å²) in [5.74, 6) is 1.34. The number of nitrogens with zero attached hydrogens (tertiary/aromatic N) is 6. The normalized spacial score (nSPS) is 14.7. The highest BCUT2D eigenvalue weighted by atomic mass is 19.1. The van der Waals surface area contributed by atoms with Gasteiger partial charge in [0.1, 0.15) is 35.2 Å². The van der Waals surface area contributed by atoms with Crippen LogP contribution in [0.2, 0.25) is 0 Å². The Hall–Kier alpha value is -4.08. The Bertz CT molecular complexity index is 1440. The number of amides is 1. The summed E-state index contributed by atoms with van der Waals surface area (Å²) in [6.07, 6.45) is 6.50. The van der Waals surface area contributed by atoms with E-state index in [1.54, 1.807) is 24.5 Å². The molecular formula is C25H24FN7O2. The third-order valence-electron chi connectivity index (χ3n) is 6.28. The van der Waals surface area contributed by atoms with Gasteiger partial charge in [0.05, 0.1) is 23.6 Å². The molecular weight excluding hydrogens is 449 g/mol. The molecule has 1 amide bonds. The second-order valence-electron chi connectivity index (χ2n) is 9.14. The van der Waals surface area contributed by atoms with E-state index in [4.69, 9.17) is 9.72 Å². The third-order valence-corrected chi connectivity index (χ3v) is 6.28. The van der Waals surface area contributed by atoms with E-state index in [0.717, 1.165) is 24.4 Å². The summed E-state index contributed by atoms with van der Waals surface area (Å²) in [7, 11) is 0. The Labute approximate surface area is 201 Å². The van der Waals surface area contributed by atoms with Crippen molar-refractivity contribution in [3.05, 3.63) is 65.8 Å². The SMILES string of the molecule is CC(C)n1cnnc1-c1cccc(NC(=O)c2cc3c(cc2F)OCCc2nc(C4CC4)cn2-3)n1. The van der Waals surface area contributed by atoms with Crippen molar-refractivity contribution in [3.8, 4) is 23.0 Å². The fraction of sp³-hybridized carbons (Fsp3) is 0.320. The van der Waals surface area contributed by atoms with Crippen LogP contribution in [-0.2, 0) is 6.42 Å². The highest BCUT2D eigenvalue weighted by Crippen LogP contribution is 2.41. The third kappa shape index (κ3) is 3.94. The lowest BCUT2D eigenvalue weighted by Gasteiger charge is -2.13. The van der Waals surface area contributed by atoms with Crippen LogP contribution in [0.15, 0.2) is 42.9 Å². The van der Waals surface area contributed by atoms with Crippen LogP contribution in [0.25, 0.3) is 17.2 Å². The maximum atomic E-state index is 15.0. The summed E-state index contributed by atoms with van der Waals surface area (Å²) >= 11 is 0. The zero-order valence-electron chi connectivity index (χ0n) is 19.4. The molecule has 1 aromatic carbocycles. The van der Waals surface area contributed by atoms with Crippen molar-refractivity contribution >= 4 is 11.7 Å². The van der Waals surface area contributed by atoms with E-state index in [1.165, 1.54) is 12.1 Å². The van der Waals surface area contributed by atoms with Gasteiger partial charge in [-0.3, -0.25) is 9.36 Å². The maximum absolute atomic E-state index is 15.0. The maximum Gasteiger partial charge on any atom is 0.259 e. The van der Waals surface area contributed by atoms with Gasteiger partial charge in [-0.15, -0.1) is 10.2 Å². The second-order valence-corrected chi connectivity index (χ2v) is 9.14. The first-order chi connectivity index (χ1) is 17.0. The van der Waals surface area contributed by atoms with Gasteiger partial charge >= 0.3 is 0 Å². The van der Waals surface area contributed by atoms with Crippen LogP contribution in [0.5, 0.6) is 5.75 Å². The molecule has 9 nitrogen and oxygen atoms in total. The molecule has 2 aliphatic rings. The lowest BCUT2D eigenvalue weighted by molar-refractivity contribution is 0.102. The molecule has 4 heterocycles. The minimum Gasteiger partial charge on any atom is -0.491 e. The number of imidazole rings is 1. The van der Waals surface area contributed by atoms with Gasteiger partial charge < -0.3 is 14.6 Å². The van der Waals surface area contributed by atoms with Crippen LogP contribution in [0.4, 0.5) is 10.2 Å². The van der Waals surface area contributed by atoms with Gasteiger partial charge in [-0.25, -0.2) is 14.4 Å². The van der Waals surface area contributed by atoms with Crippen LogP contribution in [-0.4, -0.2) is 41.8 Å². The number of halogens is 1. The zero-order valence-corrected chi connectivity index (χ0v) is 19.4. The van der Waals surface area contributed by atoms with E-state index in [1.807, 2.05) is 29.2 Å². The number of nitrogens with one attached hydrogen (secondary N) is 1. The predicted molar refractivity (Wildman–Crippen MR) is 126 cm³/mol. The predicted octanol–water partition coefficient (Wildman–Crippen LogP) is 4.31. The van der Waals surface area contributed by atoms with E-state index >= 15 is 4.39 Å². The molecule has 1 aliphatic carbocycles. The number of carbonyl (C=O) groups excluding carboxylic acids is 1. The number of ether oxygens (including phenoxy) is 1. The van der Waals surface area contributed by atoms with Crippen LogP contribution < -0.4 is 10.1 Å². The second kappa shape index (κ2) is 8.30. The van der Waals surface area contributed by atoms with Crippen molar-refractivity contribution in [3.63, 3.8) is 0 Å². The van der Waals surface area contributed by atoms with Crippen molar-refractivity contribution < 1.29 is 13.9 Å². The number of anilines is 1. The van der Waals surface area contributed by atoms with E-state index in [-0.39, 0.29) is 17.4 Å². The topological polar surface area (TPSA) is 99.8 Å². The molecule has 6 rings (SSSR count). The summed E-state index contributed by atoms with van der Waals surface area (Å²) in [6.45, 7) is 4.43. The van der Waals surface area contributed by atoms with E-state index in [0.29, 0.717) is 41.9 Å². The first kappa shape index (κ1) is 21.5. The summed E-state index contributed by atoms with van der Waals surface area (Å²) in [5, 5.41) is 10.8. The van der Waals surface area contributed by atoms with E-state index in [9.17, 15) is 4.79 Å². The van der Waals surface area contributed by atoms with Crippen molar-refractivity contribution in [2.24, 2.45) is 0 Å². The molecule has 0 unspecified atom stereocenters. The summed E-state index contributed by atoms with van der Waals surface area (Å²) in [6, 6.07) is 8.13. The van der Waals surface area contributed by atoms with Crippen molar-refractivity contribution in [1.82, 2.24) is 29.3 Å². The molecule has 1 N–H and O–H groups in total. The summed E-state index contributed by atoms with van der Waals surface area (Å²) in [4.78, 5) is 22.4. The smallest absolute Gasteiger partial charge is 0.259 e. The largest absolute Gasteiger partial charge is 0.491 e. The minimum absolute atomic E-state index is 0.0978. The molecule has 1 fully saturated rings. The Morgan fingerprint density at radius 3 is 2.89 bits per heavy atom. The number of hydrogen-bond donors (Lipinski definition) is 1. The van der Waals surface area contributed by atoms with Gasteiger partial charge in [0, 0.05) is 30.6 Å². The number of fused-ring (bicyclic) bond motifs is 3. The van der Waals surface area contributed by atoms with E-state index < -0.39 is 11.7 Å². The molecule has 0 saturated heterocycles. The first-order valence-electron chi connectivity index (χ1n) is 11.7. The van der Waals surface area contributed by atoms with Crippen LogP contribution in [0.1, 0.15) is 60.5 Å². The molecule has 0 radical (unpaired) electrons. The average Bonchev–Trinajstić information content (AvgIpc) is 3.45. The number of pyridine rings is 1. The van der Waals surface area contributed by atoms with Crippen LogP contribution in [0, 0.1) is 5.82 Å². The zero-order chi connectivity index (χ0) is 24.1. The number of rotatable bonds is 5. The Morgan fingerprint density at radius 1 is 1.23 bits per heavy atom. The average molecular weight is 474 g/mol.